The minimum Gasteiger partial charge on any atom is -0.396 e. The molecule has 0 aliphatic carbocycles. The van der Waals surface area contributed by atoms with E-state index in [1.165, 1.54) is 0 Å². The van der Waals surface area contributed by atoms with E-state index >= 15 is 0 Å². The number of rotatable bonds is 2. The number of aliphatic hydroxyl groups is 1. The van der Waals surface area contributed by atoms with Crippen LogP contribution in [0.5, 0.6) is 0 Å². The number of hydrogen-bond acceptors (Lipinski definition) is 4. The summed E-state index contributed by atoms with van der Waals surface area (Å²) < 4.78 is 1.69. The van der Waals surface area contributed by atoms with Gasteiger partial charge < -0.3 is 10.0 Å². The van der Waals surface area contributed by atoms with E-state index in [0.29, 0.717) is 24.6 Å². The summed E-state index contributed by atoms with van der Waals surface area (Å²) in [6.45, 7) is 1.64. The Hall–Kier alpha value is -1.95. The molecule has 6 heteroatoms. The van der Waals surface area contributed by atoms with Gasteiger partial charge >= 0.3 is 0 Å². The van der Waals surface area contributed by atoms with Crippen LogP contribution in [-0.2, 0) is 7.05 Å². The monoisotopic (exact) mass is 274 g/mol. The topological polar surface area (TPSA) is 71.2 Å². The van der Waals surface area contributed by atoms with E-state index in [0.717, 1.165) is 23.9 Å². The van der Waals surface area contributed by atoms with Crippen LogP contribution in [0.1, 0.15) is 23.2 Å². The fourth-order valence-corrected chi connectivity index (χ4v) is 2.67. The molecule has 106 valence electrons. The lowest BCUT2D eigenvalue weighted by atomic mass is 9.97. The fourth-order valence-electron chi connectivity index (χ4n) is 2.67. The summed E-state index contributed by atoms with van der Waals surface area (Å²) in [6.07, 6.45) is 1.74. The van der Waals surface area contributed by atoms with Gasteiger partial charge in [0.25, 0.3) is 5.91 Å². The van der Waals surface area contributed by atoms with Crippen molar-refractivity contribution in [2.45, 2.75) is 12.8 Å². The Morgan fingerprint density at radius 1 is 1.40 bits per heavy atom. The third kappa shape index (κ3) is 2.27. The van der Waals surface area contributed by atoms with Crippen LogP contribution < -0.4 is 0 Å². The molecule has 1 amide bonds. The van der Waals surface area contributed by atoms with Crippen LogP contribution in [0.25, 0.3) is 11.0 Å². The summed E-state index contributed by atoms with van der Waals surface area (Å²) in [5.41, 5.74) is 2.31. The highest BCUT2D eigenvalue weighted by Gasteiger charge is 2.23. The lowest BCUT2D eigenvalue weighted by Crippen LogP contribution is -2.39. The zero-order chi connectivity index (χ0) is 14.1. The first-order valence-electron chi connectivity index (χ1n) is 6.88. The van der Waals surface area contributed by atoms with Crippen molar-refractivity contribution in [1.29, 1.82) is 0 Å². The Balaban J connectivity index is 1.78. The van der Waals surface area contributed by atoms with Gasteiger partial charge in [0.1, 0.15) is 5.52 Å². The number of amides is 1. The van der Waals surface area contributed by atoms with Gasteiger partial charge in [0.15, 0.2) is 0 Å². The molecular weight excluding hydrogens is 256 g/mol. The molecule has 1 fully saturated rings. The molecule has 1 aliphatic heterocycles. The molecule has 0 spiro atoms. The van der Waals surface area contributed by atoms with Crippen LogP contribution in [0, 0.1) is 5.92 Å². The number of aromatic nitrogens is 3. The number of aliphatic hydroxyl groups excluding tert-OH is 1. The van der Waals surface area contributed by atoms with E-state index in [-0.39, 0.29) is 12.5 Å². The number of carbonyl (C=O) groups excluding carboxylic acids is 1. The van der Waals surface area contributed by atoms with Crippen LogP contribution in [0.15, 0.2) is 18.2 Å². The lowest BCUT2D eigenvalue weighted by Gasteiger charge is -2.31. The van der Waals surface area contributed by atoms with Gasteiger partial charge in [-0.2, -0.15) is 0 Å². The standard InChI is InChI=1S/C14H18N4O2/c1-17-13-3-2-11(8-12(13)15-16-17)14(20)18-6-4-10(9-19)5-7-18/h2-3,8,10,19H,4-7,9H2,1H3. The number of benzene rings is 1. The average molecular weight is 274 g/mol. The van der Waals surface area contributed by atoms with Crippen LogP contribution in [0.3, 0.4) is 0 Å². The number of aryl methyl sites for hydroxylation is 1. The van der Waals surface area contributed by atoms with Gasteiger partial charge in [-0.15, -0.1) is 5.10 Å². The normalized spacial score (nSPS) is 16.8. The molecule has 1 aromatic heterocycles. The first-order chi connectivity index (χ1) is 9.69. The first-order valence-corrected chi connectivity index (χ1v) is 6.88. The molecule has 1 aliphatic rings. The molecule has 6 nitrogen and oxygen atoms in total. The molecule has 2 heterocycles. The average Bonchev–Trinajstić information content (AvgIpc) is 2.87. The van der Waals surface area contributed by atoms with E-state index in [1.807, 2.05) is 24.1 Å². The number of hydrogen-bond donors (Lipinski definition) is 1. The minimum absolute atomic E-state index is 0.0361. The predicted octanol–water partition coefficient (Wildman–Crippen LogP) is 0.813. The molecule has 0 unspecified atom stereocenters. The first kappa shape index (κ1) is 13.1. The summed E-state index contributed by atoms with van der Waals surface area (Å²) in [6, 6.07) is 5.50. The van der Waals surface area contributed by atoms with Crippen LogP contribution in [0.4, 0.5) is 0 Å². The summed E-state index contributed by atoms with van der Waals surface area (Å²) in [5, 5.41) is 17.1. The van der Waals surface area contributed by atoms with Crippen molar-refractivity contribution in [3.8, 4) is 0 Å². The van der Waals surface area contributed by atoms with E-state index in [4.69, 9.17) is 5.11 Å². The van der Waals surface area contributed by atoms with Gasteiger partial charge in [0.2, 0.25) is 0 Å². The molecular formula is C14H18N4O2. The summed E-state index contributed by atoms with van der Waals surface area (Å²) >= 11 is 0. The Bertz CT molecular complexity index is 629. The highest BCUT2D eigenvalue weighted by molar-refractivity contribution is 5.97. The Morgan fingerprint density at radius 3 is 2.85 bits per heavy atom. The molecule has 20 heavy (non-hydrogen) atoms. The third-order valence-corrected chi connectivity index (χ3v) is 4.02. The number of nitrogens with zero attached hydrogens (tertiary/aromatic N) is 4. The maximum absolute atomic E-state index is 12.5. The zero-order valence-corrected chi connectivity index (χ0v) is 11.5. The van der Waals surface area contributed by atoms with Crippen molar-refractivity contribution in [1.82, 2.24) is 19.9 Å². The van der Waals surface area contributed by atoms with Crippen molar-refractivity contribution in [2.75, 3.05) is 19.7 Å². The Kier molecular flexibility index (Phi) is 3.40. The Morgan fingerprint density at radius 2 is 2.15 bits per heavy atom. The molecule has 0 saturated carbocycles. The molecule has 2 aromatic rings. The van der Waals surface area contributed by atoms with Crippen molar-refractivity contribution in [3.05, 3.63) is 23.8 Å². The molecule has 1 aromatic carbocycles. The van der Waals surface area contributed by atoms with Crippen LogP contribution in [-0.4, -0.2) is 50.6 Å². The second-order valence-corrected chi connectivity index (χ2v) is 5.33. The van der Waals surface area contributed by atoms with Crippen LogP contribution in [0.2, 0.25) is 0 Å². The fraction of sp³-hybridized carbons (Fsp3) is 0.500. The van der Waals surface area contributed by atoms with Crippen molar-refractivity contribution < 1.29 is 9.90 Å². The van der Waals surface area contributed by atoms with Crippen molar-refractivity contribution in [2.24, 2.45) is 13.0 Å². The quantitative estimate of drug-likeness (QED) is 0.880. The third-order valence-electron chi connectivity index (χ3n) is 4.02. The second-order valence-electron chi connectivity index (χ2n) is 5.33. The highest BCUT2D eigenvalue weighted by atomic mass is 16.3. The number of fused-ring (bicyclic) bond motifs is 1. The van der Waals surface area contributed by atoms with Gasteiger partial charge in [0.05, 0.1) is 5.52 Å². The zero-order valence-electron chi connectivity index (χ0n) is 11.5. The van der Waals surface area contributed by atoms with Gasteiger partial charge in [-0.1, -0.05) is 5.21 Å². The summed E-state index contributed by atoms with van der Waals surface area (Å²) in [7, 11) is 1.83. The SMILES string of the molecule is Cn1nnc2cc(C(=O)N3CCC(CO)CC3)ccc21. The predicted molar refractivity (Wildman–Crippen MR) is 74.2 cm³/mol. The van der Waals surface area contributed by atoms with E-state index < -0.39 is 0 Å². The van der Waals surface area contributed by atoms with Crippen molar-refractivity contribution >= 4 is 16.9 Å². The number of carbonyl (C=O) groups is 1. The van der Waals surface area contributed by atoms with Gasteiger partial charge in [-0.3, -0.25) is 4.79 Å². The minimum atomic E-state index is 0.0361. The molecule has 1 N–H and O–H groups in total. The van der Waals surface area contributed by atoms with E-state index in [1.54, 1.807) is 10.7 Å². The molecule has 1 saturated heterocycles. The highest BCUT2D eigenvalue weighted by Crippen LogP contribution is 2.20. The van der Waals surface area contributed by atoms with E-state index in [9.17, 15) is 4.79 Å². The largest absolute Gasteiger partial charge is 0.396 e. The van der Waals surface area contributed by atoms with Gasteiger partial charge in [-0.05, 0) is 37.0 Å². The molecule has 0 radical (unpaired) electrons. The molecule has 0 bridgehead atoms. The summed E-state index contributed by atoms with van der Waals surface area (Å²) in [4.78, 5) is 14.3. The smallest absolute Gasteiger partial charge is 0.253 e. The van der Waals surface area contributed by atoms with Crippen molar-refractivity contribution in [3.63, 3.8) is 0 Å². The second kappa shape index (κ2) is 5.20. The number of piperidine rings is 1. The molecule has 3 rings (SSSR count). The summed E-state index contributed by atoms with van der Waals surface area (Å²) in [5.74, 6) is 0.371. The van der Waals surface area contributed by atoms with Gasteiger partial charge in [-0.25, -0.2) is 4.68 Å². The number of likely N-dealkylation sites (tertiary alicyclic amines) is 1. The van der Waals surface area contributed by atoms with E-state index in [2.05, 4.69) is 10.3 Å². The Labute approximate surface area is 117 Å². The maximum Gasteiger partial charge on any atom is 0.253 e. The van der Waals surface area contributed by atoms with Gasteiger partial charge in [0, 0.05) is 32.3 Å². The van der Waals surface area contributed by atoms with Crippen LogP contribution >= 0.6 is 0 Å². The molecule has 0 atom stereocenters. The lowest BCUT2D eigenvalue weighted by molar-refractivity contribution is 0.0651. The maximum atomic E-state index is 12.5.